The van der Waals surface area contributed by atoms with E-state index < -0.39 is 0 Å². The Kier molecular flexibility index (Phi) is 3.50. The molecule has 0 spiro atoms. The van der Waals surface area contributed by atoms with Crippen molar-refractivity contribution in [1.29, 1.82) is 0 Å². The molecule has 0 aromatic carbocycles. The van der Waals surface area contributed by atoms with Gasteiger partial charge in [-0.15, -0.1) is 0 Å². The topological polar surface area (TPSA) is 58.0 Å². The molecule has 0 atom stereocenters. The number of aliphatic hydroxyl groups excluding tert-OH is 1. The maximum Gasteiger partial charge on any atom is 0.222 e. The first-order valence-electron chi connectivity index (χ1n) is 5.57. The standard InChI is InChI=1S/C11H17N3O/c15-6-5-12-11-13-7-10(8-14-11)9-3-1-2-4-9/h7-9,15H,1-6H2,(H,12,13,14). The van der Waals surface area contributed by atoms with Crippen molar-refractivity contribution in [3.05, 3.63) is 18.0 Å². The van der Waals surface area contributed by atoms with Crippen LogP contribution in [0.25, 0.3) is 0 Å². The highest BCUT2D eigenvalue weighted by Crippen LogP contribution is 2.33. The molecule has 1 aromatic rings. The lowest BCUT2D eigenvalue weighted by Crippen LogP contribution is -2.08. The Morgan fingerprint density at radius 2 is 1.93 bits per heavy atom. The van der Waals surface area contributed by atoms with E-state index in [2.05, 4.69) is 15.3 Å². The van der Waals surface area contributed by atoms with E-state index in [1.54, 1.807) is 0 Å². The second kappa shape index (κ2) is 5.07. The number of aromatic nitrogens is 2. The number of aliphatic hydroxyl groups is 1. The highest BCUT2D eigenvalue weighted by atomic mass is 16.3. The van der Waals surface area contributed by atoms with E-state index in [9.17, 15) is 0 Å². The fourth-order valence-corrected chi connectivity index (χ4v) is 2.07. The van der Waals surface area contributed by atoms with Crippen molar-refractivity contribution >= 4 is 5.95 Å². The zero-order valence-electron chi connectivity index (χ0n) is 8.82. The number of nitrogens with one attached hydrogen (secondary N) is 1. The van der Waals surface area contributed by atoms with Gasteiger partial charge >= 0.3 is 0 Å². The Balaban J connectivity index is 1.96. The second-order valence-corrected chi connectivity index (χ2v) is 3.97. The minimum atomic E-state index is 0.105. The maximum atomic E-state index is 8.64. The molecule has 1 fully saturated rings. The number of anilines is 1. The van der Waals surface area contributed by atoms with Gasteiger partial charge in [0.25, 0.3) is 0 Å². The molecule has 4 nitrogen and oxygen atoms in total. The Hall–Kier alpha value is -1.16. The average Bonchev–Trinajstić information content (AvgIpc) is 2.80. The second-order valence-electron chi connectivity index (χ2n) is 3.97. The van der Waals surface area contributed by atoms with Crippen LogP contribution in [0.15, 0.2) is 12.4 Å². The molecule has 0 aliphatic heterocycles. The summed E-state index contributed by atoms with van der Waals surface area (Å²) in [5.74, 6) is 1.27. The molecule has 0 radical (unpaired) electrons. The Morgan fingerprint density at radius 1 is 1.27 bits per heavy atom. The predicted octanol–water partition coefficient (Wildman–Crippen LogP) is 1.54. The van der Waals surface area contributed by atoms with Crippen molar-refractivity contribution in [1.82, 2.24) is 9.97 Å². The molecule has 1 aromatic heterocycles. The lowest BCUT2D eigenvalue weighted by Gasteiger charge is -2.09. The molecule has 0 saturated heterocycles. The van der Waals surface area contributed by atoms with E-state index >= 15 is 0 Å². The summed E-state index contributed by atoms with van der Waals surface area (Å²) in [6.45, 7) is 0.608. The van der Waals surface area contributed by atoms with Crippen molar-refractivity contribution in [2.75, 3.05) is 18.5 Å². The van der Waals surface area contributed by atoms with Crippen molar-refractivity contribution < 1.29 is 5.11 Å². The largest absolute Gasteiger partial charge is 0.395 e. The monoisotopic (exact) mass is 207 g/mol. The van der Waals surface area contributed by atoms with Crippen molar-refractivity contribution in [2.45, 2.75) is 31.6 Å². The highest BCUT2D eigenvalue weighted by molar-refractivity contribution is 5.26. The lowest BCUT2D eigenvalue weighted by molar-refractivity contribution is 0.311. The number of hydrogen-bond acceptors (Lipinski definition) is 4. The van der Waals surface area contributed by atoms with Crippen molar-refractivity contribution in [3.63, 3.8) is 0 Å². The van der Waals surface area contributed by atoms with E-state index in [0.717, 1.165) is 0 Å². The van der Waals surface area contributed by atoms with Crippen LogP contribution >= 0.6 is 0 Å². The molecule has 15 heavy (non-hydrogen) atoms. The third-order valence-electron chi connectivity index (χ3n) is 2.89. The summed E-state index contributed by atoms with van der Waals surface area (Å²) < 4.78 is 0. The van der Waals surface area contributed by atoms with Gasteiger partial charge in [-0.2, -0.15) is 0 Å². The fraction of sp³-hybridized carbons (Fsp3) is 0.636. The Labute approximate surface area is 89.8 Å². The van der Waals surface area contributed by atoms with Gasteiger partial charge in [0.2, 0.25) is 5.95 Å². The maximum absolute atomic E-state index is 8.64. The first-order valence-corrected chi connectivity index (χ1v) is 5.57. The molecule has 0 unspecified atom stereocenters. The first kappa shape index (κ1) is 10.4. The molecule has 2 rings (SSSR count). The molecule has 1 heterocycles. The molecule has 1 saturated carbocycles. The van der Waals surface area contributed by atoms with E-state index in [1.165, 1.54) is 31.2 Å². The number of nitrogens with zero attached hydrogens (tertiary/aromatic N) is 2. The van der Waals surface area contributed by atoms with Gasteiger partial charge in [0.05, 0.1) is 6.61 Å². The summed E-state index contributed by atoms with van der Waals surface area (Å²) >= 11 is 0. The Bertz CT molecular complexity index is 293. The van der Waals surface area contributed by atoms with Crippen molar-refractivity contribution in [2.24, 2.45) is 0 Å². The van der Waals surface area contributed by atoms with Gasteiger partial charge in [0.1, 0.15) is 0 Å². The van der Waals surface area contributed by atoms with Gasteiger partial charge in [-0.05, 0) is 24.3 Å². The first-order chi connectivity index (χ1) is 7.40. The van der Waals surface area contributed by atoms with Crippen LogP contribution in [-0.2, 0) is 0 Å². The average molecular weight is 207 g/mol. The molecular formula is C11H17N3O. The van der Waals surface area contributed by atoms with Crippen molar-refractivity contribution in [3.8, 4) is 0 Å². The third-order valence-corrected chi connectivity index (χ3v) is 2.89. The van der Waals surface area contributed by atoms with Crippen LogP contribution < -0.4 is 5.32 Å². The smallest absolute Gasteiger partial charge is 0.222 e. The summed E-state index contributed by atoms with van der Waals surface area (Å²) in [6.07, 6.45) is 9.01. The van der Waals surface area contributed by atoms with Gasteiger partial charge in [0.15, 0.2) is 0 Å². The predicted molar refractivity (Wildman–Crippen MR) is 58.8 cm³/mol. The van der Waals surface area contributed by atoms with Gasteiger partial charge in [-0.3, -0.25) is 0 Å². The minimum Gasteiger partial charge on any atom is -0.395 e. The summed E-state index contributed by atoms with van der Waals surface area (Å²) in [4.78, 5) is 8.45. The normalized spacial score (nSPS) is 16.9. The molecule has 82 valence electrons. The SMILES string of the molecule is OCCNc1ncc(C2CCCC2)cn1. The molecule has 1 aliphatic rings. The van der Waals surface area contributed by atoms with Gasteiger partial charge < -0.3 is 10.4 Å². The highest BCUT2D eigenvalue weighted by Gasteiger charge is 2.17. The van der Waals surface area contributed by atoms with Gasteiger partial charge in [-0.25, -0.2) is 9.97 Å². The van der Waals surface area contributed by atoms with E-state index in [-0.39, 0.29) is 6.61 Å². The van der Waals surface area contributed by atoms with Crippen LogP contribution in [0, 0.1) is 0 Å². The van der Waals surface area contributed by atoms with Gasteiger partial charge in [-0.1, -0.05) is 12.8 Å². The van der Waals surface area contributed by atoms with E-state index in [1.807, 2.05) is 12.4 Å². The fourth-order valence-electron chi connectivity index (χ4n) is 2.07. The van der Waals surface area contributed by atoms with Crippen LogP contribution in [0.2, 0.25) is 0 Å². The number of rotatable bonds is 4. The summed E-state index contributed by atoms with van der Waals surface area (Å²) in [5.41, 5.74) is 1.25. The lowest BCUT2D eigenvalue weighted by atomic mass is 10.0. The number of hydrogen-bond donors (Lipinski definition) is 2. The molecule has 2 N–H and O–H groups in total. The van der Waals surface area contributed by atoms with Crippen LogP contribution in [0.3, 0.4) is 0 Å². The zero-order chi connectivity index (χ0) is 10.5. The molecular weight excluding hydrogens is 190 g/mol. The summed E-state index contributed by atoms with van der Waals surface area (Å²) in [6, 6.07) is 0. The van der Waals surface area contributed by atoms with Crippen LogP contribution in [0.1, 0.15) is 37.2 Å². The zero-order valence-corrected chi connectivity index (χ0v) is 8.82. The van der Waals surface area contributed by atoms with E-state index in [4.69, 9.17) is 5.11 Å². The van der Waals surface area contributed by atoms with Gasteiger partial charge in [0, 0.05) is 18.9 Å². The third kappa shape index (κ3) is 2.65. The molecule has 1 aliphatic carbocycles. The Morgan fingerprint density at radius 3 is 2.53 bits per heavy atom. The van der Waals surface area contributed by atoms with Crippen LogP contribution in [0.4, 0.5) is 5.95 Å². The van der Waals surface area contributed by atoms with Crippen LogP contribution in [-0.4, -0.2) is 28.2 Å². The quantitative estimate of drug-likeness (QED) is 0.786. The summed E-state index contributed by atoms with van der Waals surface area (Å²) in [7, 11) is 0. The molecule has 4 heteroatoms. The van der Waals surface area contributed by atoms with E-state index in [0.29, 0.717) is 18.4 Å². The van der Waals surface area contributed by atoms with Crippen LogP contribution in [0.5, 0.6) is 0 Å². The summed E-state index contributed by atoms with van der Waals surface area (Å²) in [5, 5.41) is 11.6. The molecule has 0 bridgehead atoms. The molecule has 0 amide bonds. The minimum absolute atomic E-state index is 0.105.